The van der Waals surface area contributed by atoms with Crippen LogP contribution in [0.5, 0.6) is 0 Å². The van der Waals surface area contributed by atoms with Gasteiger partial charge in [0.25, 0.3) is 0 Å². The van der Waals surface area contributed by atoms with E-state index in [-0.39, 0.29) is 30.0 Å². The average Bonchev–Trinajstić information content (AvgIpc) is 3.11. The van der Waals surface area contributed by atoms with E-state index >= 15 is 0 Å². The average molecular weight is 762 g/mol. The van der Waals surface area contributed by atoms with Crippen molar-refractivity contribution in [1.29, 1.82) is 0 Å². The third kappa shape index (κ3) is 12.7. The Morgan fingerprint density at radius 1 is 0.907 bits per heavy atom. The number of likely N-dealkylation sites (tertiary alicyclic amines) is 2. The Labute approximate surface area is 326 Å². The number of rotatable bonds is 9. The number of ketones is 1. The molecule has 14 atom stereocenters. The molecule has 0 aliphatic carbocycles. The van der Waals surface area contributed by atoms with Crippen molar-refractivity contribution in [2.75, 3.05) is 53.4 Å². The molecule has 3 saturated heterocycles. The first-order chi connectivity index (χ1) is 25.6. The smallest absolute Gasteiger partial charge is 0.308 e. The van der Waals surface area contributed by atoms with Gasteiger partial charge in [0.2, 0.25) is 0 Å². The van der Waals surface area contributed by atoms with Gasteiger partial charge in [0, 0.05) is 37.4 Å². The van der Waals surface area contributed by atoms with E-state index in [1.807, 2.05) is 33.8 Å². The zero-order valence-corrected chi connectivity index (χ0v) is 34.9. The standard InChI is InChI=1S/C43H75N3O8/c1-10-37-34(26-46-24-28(3)20-29(4)25-46)21-27(2)14-15-35(47)30(5)22-33(16-19-45-17-12-11-13-18-45)42(31(6)36(48)23-38(49)53-37)54-43-41(51)39(44(8)9)40(50)32(7)52-43/h14-15,21,28-34,36-37,39-43,48,50-51H,10-13,16-20,22-26H2,1-9H3/b15-14+,27-21+. The Morgan fingerprint density at radius 3 is 2.20 bits per heavy atom. The van der Waals surface area contributed by atoms with Crippen LogP contribution in [0.2, 0.25) is 0 Å². The molecule has 4 aliphatic rings. The van der Waals surface area contributed by atoms with Crippen LogP contribution in [0.3, 0.4) is 0 Å². The van der Waals surface area contributed by atoms with E-state index < -0.39 is 60.8 Å². The first-order valence-corrected chi connectivity index (χ1v) is 21.1. The predicted molar refractivity (Wildman–Crippen MR) is 212 cm³/mol. The lowest BCUT2D eigenvalue weighted by Gasteiger charge is -2.47. The highest BCUT2D eigenvalue weighted by atomic mass is 16.7. The van der Waals surface area contributed by atoms with Gasteiger partial charge in [-0.1, -0.05) is 58.8 Å². The highest BCUT2D eigenvalue weighted by molar-refractivity contribution is 5.91. The summed E-state index contributed by atoms with van der Waals surface area (Å²) >= 11 is 0. The van der Waals surface area contributed by atoms with Gasteiger partial charge < -0.3 is 44.2 Å². The van der Waals surface area contributed by atoms with Gasteiger partial charge in [-0.3, -0.25) is 9.59 Å². The summed E-state index contributed by atoms with van der Waals surface area (Å²) in [5.74, 6) is -0.451. The highest BCUT2D eigenvalue weighted by Gasteiger charge is 2.47. The Balaban J connectivity index is 1.68. The molecule has 0 bridgehead atoms. The molecule has 0 amide bonds. The van der Waals surface area contributed by atoms with Crippen LogP contribution in [0.15, 0.2) is 23.8 Å². The number of hydrogen-bond donors (Lipinski definition) is 3. The van der Waals surface area contributed by atoms with E-state index in [4.69, 9.17) is 14.2 Å². The SMILES string of the molecule is CCC1OC(=O)CC(O)C(C)C(OC2OC(C)C(O)C(N(C)C)C2O)C(CCN2CCCCC2)CC(C)C(=O)/C=C/C(C)=C/C1CN1CC(C)CC(C)C1. The fourth-order valence-corrected chi connectivity index (χ4v) is 9.63. The molecule has 4 aliphatic heterocycles. The monoisotopic (exact) mass is 762 g/mol. The first kappa shape index (κ1) is 45.0. The maximum absolute atomic E-state index is 13.8. The van der Waals surface area contributed by atoms with Gasteiger partial charge in [-0.25, -0.2) is 0 Å². The molecule has 0 radical (unpaired) electrons. The number of aliphatic hydroxyl groups excluding tert-OH is 3. The number of carbonyl (C=O) groups is 2. The number of piperidine rings is 2. The first-order valence-electron chi connectivity index (χ1n) is 21.1. The topological polar surface area (TPSA) is 132 Å². The van der Waals surface area contributed by atoms with Crippen molar-refractivity contribution in [2.45, 2.75) is 149 Å². The normalized spacial score (nSPS) is 42.0. The van der Waals surface area contributed by atoms with Gasteiger partial charge in [-0.05, 0) is 110 Å². The minimum atomic E-state index is -1.17. The number of carbonyl (C=O) groups excluding carboxylic acids is 2. The summed E-state index contributed by atoms with van der Waals surface area (Å²) in [4.78, 5) is 34.3. The maximum Gasteiger partial charge on any atom is 0.308 e. The number of allylic oxidation sites excluding steroid dienone is 3. The second kappa shape index (κ2) is 21.2. The maximum atomic E-state index is 13.8. The number of hydrogen-bond acceptors (Lipinski definition) is 11. The molecule has 14 unspecified atom stereocenters. The summed E-state index contributed by atoms with van der Waals surface area (Å²) in [6.07, 6.45) is 6.10. The van der Waals surface area contributed by atoms with Crippen molar-refractivity contribution in [3.05, 3.63) is 23.8 Å². The Bertz CT molecular complexity index is 1230. The summed E-state index contributed by atoms with van der Waals surface area (Å²) < 4.78 is 19.2. The summed E-state index contributed by atoms with van der Waals surface area (Å²) in [5, 5.41) is 34.3. The molecule has 4 rings (SSSR count). The van der Waals surface area contributed by atoms with E-state index in [9.17, 15) is 24.9 Å². The molecule has 4 heterocycles. The van der Waals surface area contributed by atoms with Crippen molar-refractivity contribution in [3.8, 4) is 0 Å². The molecule has 3 N–H and O–H groups in total. The third-order valence-electron chi connectivity index (χ3n) is 12.6. The van der Waals surface area contributed by atoms with E-state index in [1.54, 1.807) is 32.0 Å². The Hall–Kier alpha value is -1.70. The number of likely N-dealkylation sites (N-methyl/N-ethyl adjacent to an activating group) is 1. The van der Waals surface area contributed by atoms with Crippen LogP contribution < -0.4 is 0 Å². The van der Waals surface area contributed by atoms with Crippen molar-refractivity contribution in [2.24, 2.45) is 35.5 Å². The molecular weight excluding hydrogens is 686 g/mol. The Kier molecular flexibility index (Phi) is 17.6. The molecule has 3 fully saturated rings. The zero-order valence-electron chi connectivity index (χ0n) is 34.9. The van der Waals surface area contributed by atoms with Crippen LogP contribution in [-0.2, 0) is 23.8 Å². The molecule has 0 spiro atoms. The summed E-state index contributed by atoms with van der Waals surface area (Å²) in [5.41, 5.74) is 0.951. The number of esters is 1. The highest BCUT2D eigenvalue weighted by Crippen LogP contribution is 2.35. The molecule has 11 heteroatoms. The quantitative estimate of drug-likeness (QED) is 0.283. The Morgan fingerprint density at radius 2 is 1.57 bits per heavy atom. The lowest BCUT2D eigenvalue weighted by molar-refractivity contribution is -0.304. The molecule has 0 aromatic carbocycles. The molecule has 0 aromatic heterocycles. The van der Waals surface area contributed by atoms with Gasteiger partial charge in [0.05, 0.1) is 36.9 Å². The molecule has 310 valence electrons. The van der Waals surface area contributed by atoms with Gasteiger partial charge in [-0.15, -0.1) is 0 Å². The number of aliphatic hydroxyl groups is 3. The summed E-state index contributed by atoms with van der Waals surface area (Å²) in [6.45, 7) is 19.8. The van der Waals surface area contributed by atoms with Crippen LogP contribution in [0.1, 0.15) is 99.8 Å². The number of nitrogens with zero attached hydrogens (tertiary/aromatic N) is 3. The fraction of sp³-hybridized carbons (Fsp3) is 0.860. The third-order valence-corrected chi connectivity index (χ3v) is 12.6. The van der Waals surface area contributed by atoms with Crippen LogP contribution in [0.4, 0.5) is 0 Å². The molecule has 0 aromatic rings. The second-order valence-corrected chi connectivity index (χ2v) is 17.9. The minimum absolute atomic E-state index is 0.0248. The van der Waals surface area contributed by atoms with Gasteiger partial charge in [0.1, 0.15) is 12.2 Å². The van der Waals surface area contributed by atoms with E-state index in [0.717, 1.165) is 57.7 Å². The fourth-order valence-electron chi connectivity index (χ4n) is 9.63. The second-order valence-electron chi connectivity index (χ2n) is 17.9. The predicted octanol–water partition coefficient (Wildman–Crippen LogP) is 4.68. The van der Waals surface area contributed by atoms with Crippen molar-refractivity contribution in [1.82, 2.24) is 14.7 Å². The van der Waals surface area contributed by atoms with Gasteiger partial charge in [-0.2, -0.15) is 0 Å². The lowest BCUT2D eigenvalue weighted by atomic mass is 9.79. The van der Waals surface area contributed by atoms with Gasteiger partial charge >= 0.3 is 5.97 Å². The van der Waals surface area contributed by atoms with Crippen LogP contribution >= 0.6 is 0 Å². The largest absolute Gasteiger partial charge is 0.462 e. The van der Waals surface area contributed by atoms with E-state index in [1.165, 1.54) is 12.8 Å². The minimum Gasteiger partial charge on any atom is -0.462 e. The van der Waals surface area contributed by atoms with Crippen LogP contribution in [0.25, 0.3) is 0 Å². The number of cyclic esters (lactones) is 1. The van der Waals surface area contributed by atoms with Crippen molar-refractivity contribution >= 4 is 11.8 Å². The molecular formula is C43H75N3O8. The summed E-state index contributed by atoms with van der Waals surface area (Å²) in [6, 6.07) is -0.635. The zero-order chi connectivity index (χ0) is 39.7. The van der Waals surface area contributed by atoms with E-state index in [0.29, 0.717) is 31.1 Å². The van der Waals surface area contributed by atoms with Crippen molar-refractivity contribution in [3.63, 3.8) is 0 Å². The summed E-state index contributed by atoms with van der Waals surface area (Å²) in [7, 11) is 3.61. The van der Waals surface area contributed by atoms with E-state index in [2.05, 4.69) is 29.7 Å². The molecule has 54 heavy (non-hydrogen) atoms. The lowest BCUT2D eigenvalue weighted by Crippen LogP contribution is -2.63. The van der Waals surface area contributed by atoms with Crippen molar-refractivity contribution < 1.29 is 39.1 Å². The van der Waals surface area contributed by atoms with Crippen LogP contribution in [-0.4, -0.2) is 144 Å². The molecule has 0 saturated carbocycles. The van der Waals surface area contributed by atoms with Gasteiger partial charge in [0.15, 0.2) is 12.1 Å². The van der Waals surface area contributed by atoms with Crippen LogP contribution in [0, 0.1) is 35.5 Å². The molecule has 11 nitrogen and oxygen atoms in total. The number of ether oxygens (including phenoxy) is 3.